The fourth-order valence-electron chi connectivity index (χ4n) is 2.82. The van der Waals surface area contributed by atoms with Gasteiger partial charge in [0, 0.05) is 23.4 Å². The Hall–Kier alpha value is -1.04. The average Bonchev–Trinajstić information content (AvgIpc) is 2.53. The van der Waals surface area contributed by atoms with Crippen molar-refractivity contribution in [1.29, 1.82) is 0 Å². The van der Waals surface area contributed by atoms with Gasteiger partial charge < -0.3 is 4.74 Å². The van der Waals surface area contributed by atoms with Crippen molar-refractivity contribution in [2.24, 2.45) is 0 Å². The van der Waals surface area contributed by atoms with Gasteiger partial charge in [-0.25, -0.2) is 4.98 Å². The molecule has 0 unspecified atom stereocenters. The fraction of sp³-hybridized carbons (Fsp3) is 0.529. The third-order valence-corrected chi connectivity index (χ3v) is 5.34. The van der Waals surface area contributed by atoms with Crippen LogP contribution in [0.15, 0.2) is 28.2 Å². The maximum absolute atomic E-state index is 12.8. The van der Waals surface area contributed by atoms with E-state index in [2.05, 4.69) is 4.98 Å². The van der Waals surface area contributed by atoms with Crippen LogP contribution in [-0.4, -0.2) is 28.0 Å². The van der Waals surface area contributed by atoms with Gasteiger partial charge >= 0.3 is 0 Å². The highest BCUT2D eigenvalue weighted by Gasteiger charge is 2.18. The summed E-state index contributed by atoms with van der Waals surface area (Å²) in [6, 6.07) is 5.31. The Morgan fingerprint density at radius 2 is 2.26 bits per heavy atom. The lowest BCUT2D eigenvalue weighted by molar-refractivity contribution is 0.0315. The lowest BCUT2D eigenvalue weighted by atomic mass is 10.1. The number of halogens is 1. The molecular weight excluding hydrogens is 332 g/mol. The third kappa shape index (κ3) is 3.73. The maximum atomic E-state index is 12.8. The van der Waals surface area contributed by atoms with E-state index in [1.165, 1.54) is 6.42 Å². The van der Waals surface area contributed by atoms with Crippen molar-refractivity contribution in [2.75, 3.05) is 12.4 Å². The van der Waals surface area contributed by atoms with Gasteiger partial charge in [-0.15, -0.1) is 0 Å². The van der Waals surface area contributed by atoms with E-state index < -0.39 is 0 Å². The molecule has 1 atom stereocenters. The number of hydrogen-bond donors (Lipinski definition) is 0. The molecule has 1 aromatic carbocycles. The molecule has 0 spiro atoms. The first-order valence-electron chi connectivity index (χ1n) is 8.02. The summed E-state index contributed by atoms with van der Waals surface area (Å²) in [5, 5.41) is 1.95. The highest BCUT2D eigenvalue weighted by molar-refractivity contribution is 7.99. The zero-order chi connectivity index (χ0) is 16.4. The second-order valence-electron chi connectivity index (χ2n) is 6.12. The summed E-state index contributed by atoms with van der Waals surface area (Å²) in [6.45, 7) is 4.85. The number of thioether (sulfide) groups is 1. The monoisotopic (exact) mass is 352 g/mol. The molecule has 1 aliphatic heterocycles. The summed E-state index contributed by atoms with van der Waals surface area (Å²) < 4.78 is 7.55. The standard InChI is InChI=1S/C17H21ClN2O2S/c1-11(2)20-16(21)14-7-6-12(18)9-15(14)19-17(20)23-10-13-5-3-4-8-22-13/h6-7,9,11,13H,3-5,8,10H2,1-2H3/t13-/m1/s1. The van der Waals surface area contributed by atoms with E-state index in [-0.39, 0.29) is 17.7 Å². The minimum Gasteiger partial charge on any atom is -0.377 e. The van der Waals surface area contributed by atoms with Gasteiger partial charge in [0.05, 0.1) is 17.0 Å². The predicted octanol–water partition coefficient (Wildman–Crippen LogP) is 4.29. The van der Waals surface area contributed by atoms with Crippen LogP contribution in [0.3, 0.4) is 0 Å². The smallest absolute Gasteiger partial charge is 0.262 e. The van der Waals surface area contributed by atoms with Crippen molar-refractivity contribution in [3.8, 4) is 0 Å². The second-order valence-corrected chi connectivity index (χ2v) is 7.55. The van der Waals surface area contributed by atoms with Gasteiger partial charge in [0.25, 0.3) is 5.56 Å². The molecule has 0 saturated carbocycles. The first-order chi connectivity index (χ1) is 11.1. The lowest BCUT2D eigenvalue weighted by Crippen LogP contribution is -2.26. The Labute approximate surface area is 145 Å². The summed E-state index contributed by atoms with van der Waals surface area (Å²) in [4.78, 5) is 17.5. The van der Waals surface area contributed by atoms with Crippen LogP contribution in [0.25, 0.3) is 10.9 Å². The first kappa shape index (κ1) is 16.8. The number of hydrogen-bond acceptors (Lipinski definition) is 4. The maximum Gasteiger partial charge on any atom is 0.262 e. The van der Waals surface area contributed by atoms with Gasteiger partial charge in [-0.1, -0.05) is 23.4 Å². The van der Waals surface area contributed by atoms with Crippen molar-refractivity contribution in [3.63, 3.8) is 0 Å². The molecule has 1 aliphatic rings. The molecule has 0 bridgehead atoms. The highest BCUT2D eigenvalue weighted by Crippen LogP contribution is 2.25. The van der Waals surface area contributed by atoms with Crippen molar-refractivity contribution in [2.45, 2.75) is 50.4 Å². The van der Waals surface area contributed by atoms with E-state index in [4.69, 9.17) is 16.3 Å². The summed E-state index contributed by atoms with van der Waals surface area (Å²) in [7, 11) is 0. The molecule has 0 N–H and O–H groups in total. The molecule has 6 heteroatoms. The summed E-state index contributed by atoms with van der Waals surface area (Å²) in [5.41, 5.74) is 0.653. The topological polar surface area (TPSA) is 44.1 Å². The molecular formula is C17H21ClN2O2S. The Kier molecular flexibility index (Phi) is 5.29. The predicted molar refractivity (Wildman–Crippen MR) is 95.7 cm³/mol. The molecule has 0 radical (unpaired) electrons. The molecule has 0 amide bonds. The molecule has 23 heavy (non-hydrogen) atoms. The van der Waals surface area contributed by atoms with E-state index in [9.17, 15) is 4.79 Å². The molecule has 3 rings (SSSR count). The number of nitrogens with zero attached hydrogens (tertiary/aromatic N) is 2. The first-order valence-corrected chi connectivity index (χ1v) is 9.39. The second kappa shape index (κ2) is 7.24. The SMILES string of the molecule is CC(C)n1c(SC[C@H]2CCCCO2)nc2cc(Cl)ccc2c1=O. The quantitative estimate of drug-likeness (QED) is 0.608. The van der Waals surface area contributed by atoms with Gasteiger partial charge in [-0.05, 0) is 51.3 Å². The van der Waals surface area contributed by atoms with Crippen LogP contribution in [0.1, 0.15) is 39.2 Å². The Bertz CT molecular complexity index is 754. The van der Waals surface area contributed by atoms with Crippen LogP contribution in [0, 0.1) is 0 Å². The average molecular weight is 353 g/mol. The number of benzene rings is 1. The molecule has 4 nitrogen and oxygen atoms in total. The van der Waals surface area contributed by atoms with Crippen LogP contribution in [0.2, 0.25) is 5.02 Å². The van der Waals surface area contributed by atoms with E-state index in [1.807, 2.05) is 13.8 Å². The van der Waals surface area contributed by atoms with Crippen LogP contribution < -0.4 is 5.56 Å². The number of rotatable bonds is 4. The Morgan fingerprint density at radius 1 is 1.43 bits per heavy atom. The minimum absolute atomic E-state index is 0.00581. The zero-order valence-electron chi connectivity index (χ0n) is 13.4. The molecule has 2 aromatic rings. The molecule has 124 valence electrons. The number of aromatic nitrogens is 2. The van der Waals surface area contributed by atoms with Crippen molar-refractivity contribution in [3.05, 3.63) is 33.6 Å². The van der Waals surface area contributed by atoms with Crippen molar-refractivity contribution in [1.82, 2.24) is 9.55 Å². The molecule has 0 aliphatic carbocycles. The molecule has 1 aromatic heterocycles. The van der Waals surface area contributed by atoms with E-state index in [0.29, 0.717) is 15.9 Å². The van der Waals surface area contributed by atoms with Crippen LogP contribution in [-0.2, 0) is 4.74 Å². The van der Waals surface area contributed by atoms with Gasteiger partial charge in [0.2, 0.25) is 0 Å². The zero-order valence-corrected chi connectivity index (χ0v) is 15.0. The summed E-state index contributed by atoms with van der Waals surface area (Å²) in [5.74, 6) is 0.825. The third-order valence-electron chi connectivity index (χ3n) is 4.02. The molecule has 1 saturated heterocycles. The van der Waals surface area contributed by atoms with E-state index in [1.54, 1.807) is 34.5 Å². The van der Waals surface area contributed by atoms with Crippen LogP contribution >= 0.6 is 23.4 Å². The molecule has 1 fully saturated rings. The lowest BCUT2D eigenvalue weighted by Gasteiger charge is -2.23. The Balaban J connectivity index is 1.96. The van der Waals surface area contributed by atoms with E-state index >= 15 is 0 Å². The molecule has 2 heterocycles. The normalized spacial score (nSPS) is 18.7. The van der Waals surface area contributed by atoms with Crippen molar-refractivity contribution >= 4 is 34.3 Å². The van der Waals surface area contributed by atoms with Gasteiger partial charge in [0.15, 0.2) is 5.16 Å². The number of fused-ring (bicyclic) bond motifs is 1. The van der Waals surface area contributed by atoms with Gasteiger partial charge in [0.1, 0.15) is 0 Å². The summed E-state index contributed by atoms with van der Waals surface area (Å²) >= 11 is 7.65. The fourth-order valence-corrected chi connectivity index (χ4v) is 4.18. The summed E-state index contributed by atoms with van der Waals surface area (Å²) in [6.07, 6.45) is 3.69. The van der Waals surface area contributed by atoms with Crippen molar-refractivity contribution < 1.29 is 4.74 Å². The van der Waals surface area contributed by atoms with Gasteiger partial charge in [-0.3, -0.25) is 9.36 Å². The van der Waals surface area contributed by atoms with Gasteiger partial charge in [-0.2, -0.15) is 0 Å². The van der Waals surface area contributed by atoms with E-state index in [0.717, 1.165) is 30.4 Å². The number of ether oxygens (including phenoxy) is 1. The Morgan fingerprint density at radius 3 is 2.96 bits per heavy atom. The highest BCUT2D eigenvalue weighted by atomic mass is 35.5. The van der Waals surface area contributed by atoms with Crippen LogP contribution in [0.5, 0.6) is 0 Å². The van der Waals surface area contributed by atoms with Crippen LogP contribution in [0.4, 0.5) is 0 Å². The minimum atomic E-state index is -0.00581. The largest absolute Gasteiger partial charge is 0.377 e.